The lowest BCUT2D eigenvalue weighted by atomic mass is 10.1. The van der Waals surface area contributed by atoms with Crippen molar-refractivity contribution in [2.45, 2.75) is 39.2 Å². The first kappa shape index (κ1) is 22.8. The number of ether oxygens (including phenoxy) is 2. The van der Waals surface area contributed by atoms with E-state index in [0.717, 1.165) is 65.8 Å². The molecule has 0 unspecified atom stereocenters. The second kappa shape index (κ2) is 10.1. The van der Waals surface area contributed by atoms with Gasteiger partial charge >= 0.3 is 0 Å². The van der Waals surface area contributed by atoms with Gasteiger partial charge in [0.25, 0.3) is 0 Å². The Kier molecular flexibility index (Phi) is 6.56. The molecule has 0 radical (unpaired) electrons. The molecule has 5 rings (SSSR count). The smallest absolute Gasteiger partial charge is 0.213 e. The Hall–Kier alpha value is -4.01. The molecule has 1 saturated heterocycles. The minimum Gasteiger partial charge on any atom is -0.489 e. The predicted octanol–water partition coefficient (Wildman–Crippen LogP) is 3.92. The van der Waals surface area contributed by atoms with E-state index >= 15 is 0 Å². The maximum absolute atomic E-state index is 6.09. The number of nitrogens with zero attached hydrogens (tertiary/aromatic N) is 6. The van der Waals surface area contributed by atoms with E-state index in [1.165, 1.54) is 0 Å². The van der Waals surface area contributed by atoms with E-state index in [1.807, 2.05) is 56.4 Å². The second-order valence-corrected chi connectivity index (χ2v) is 8.79. The van der Waals surface area contributed by atoms with Crippen molar-refractivity contribution in [2.24, 2.45) is 0 Å². The van der Waals surface area contributed by atoms with E-state index in [0.29, 0.717) is 18.1 Å². The summed E-state index contributed by atoms with van der Waals surface area (Å²) in [5.74, 6) is 3.00. The third-order valence-electron chi connectivity index (χ3n) is 6.02. The zero-order valence-corrected chi connectivity index (χ0v) is 20.2. The van der Waals surface area contributed by atoms with Crippen molar-refractivity contribution in [1.82, 2.24) is 30.1 Å². The first-order chi connectivity index (χ1) is 17.1. The summed E-state index contributed by atoms with van der Waals surface area (Å²) in [5, 5.41) is 7.30. The van der Waals surface area contributed by atoms with Crippen LogP contribution in [0.3, 0.4) is 0 Å². The van der Waals surface area contributed by atoms with Gasteiger partial charge in [-0.15, -0.1) is 0 Å². The number of aromatic nitrogens is 6. The molecule has 35 heavy (non-hydrogen) atoms. The Morgan fingerprint density at radius 2 is 1.83 bits per heavy atom. The van der Waals surface area contributed by atoms with E-state index in [1.54, 1.807) is 13.3 Å². The molecule has 1 fully saturated rings. The van der Waals surface area contributed by atoms with Gasteiger partial charge in [-0.1, -0.05) is 0 Å². The molecule has 1 aliphatic heterocycles. The summed E-state index contributed by atoms with van der Waals surface area (Å²) < 4.78 is 11.2. The quantitative estimate of drug-likeness (QED) is 0.433. The van der Waals surface area contributed by atoms with E-state index < -0.39 is 0 Å². The molecule has 4 aromatic rings. The van der Waals surface area contributed by atoms with Gasteiger partial charge in [-0.3, -0.25) is 5.10 Å². The van der Waals surface area contributed by atoms with Gasteiger partial charge in [0.15, 0.2) is 5.82 Å². The molecule has 180 valence electrons. The van der Waals surface area contributed by atoms with E-state index in [9.17, 15) is 0 Å². The van der Waals surface area contributed by atoms with Crippen LogP contribution in [0.2, 0.25) is 0 Å². The minimum atomic E-state index is 0.165. The molecule has 0 bridgehead atoms. The Labute approximate surface area is 204 Å². The third kappa shape index (κ3) is 5.56. The largest absolute Gasteiger partial charge is 0.489 e. The van der Waals surface area contributed by atoms with Gasteiger partial charge in [0.05, 0.1) is 24.7 Å². The van der Waals surface area contributed by atoms with Crippen LogP contribution in [0.15, 0.2) is 48.8 Å². The molecule has 4 aromatic heterocycles. The number of H-pyrrole nitrogens is 1. The minimum absolute atomic E-state index is 0.165. The molecular weight excluding hydrogens is 442 g/mol. The number of rotatable bonds is 7. The highest BCUT2D eigenvalue weighted by molar-refractivity contribution is 5.57. The average Bonchev–Trinajstić information content (AvgIpc) is 3.29. The highest BCUT2D eigenvalue weighted by Crippen LogP contribution is 2.24. The van der Waals surface area contributed by atoms with E-state index in [2.05, 4.69) is 25.1 Å². The third-order valence-corrected chi connectivity index (χ3v) is 6.02. The number of methoxy groups -OCH3 is 1. The molecule has 0 atom stereocenters. The number of anilines is 1. The zero-order valence-electron chi connectivity index (χ0n) is 20.2. The van der Waals surface area contributed by atoms with Crippen molar-refractivity contribution in [3.05, 3.63) is 71.6 Å². The summed E-state index contributed by atoms with van der Waals surface area (Å²) in [6.45, 7) is 5.75. The zero-order chi connectivity index (χ0) is 24.2. The number of hydrogen-bond acceptors (Lipinski definition) is 8. The molecule has 0 saturated carbocycles. The molecule has 0 aliphatic carbocycles. The van der Waals surface area contributed by atoms with Gasteiger partial charge < -0.3 is 14.4 Å². The van der Waals surface area contributed by atoms with E-state index in [-0.39, 0.29) is 6.10 Å². The fourth-order valence-electron chi connectivity index (χ4n) is 4.26. The van der Waals surface area contributed by atoms with Gasteiger partial charge in [0.2, 0.25) is 5.88 Å². The molecule has 0 spiro atoms. The van der Waals surface area contributed by atoms with Crippen LogP contribution < -0.4 is 14.4 Å². The van der Waals surface area contributed by atoms with Crippen LogP contribution in [0, 0.1) is 13.8 Å². The first-order valence-corrected chi connectivity index (χ1v) is 11.8. The summed E-state index contributed by atoms with van der Waals surface area (Å²) in [6, 6.07) is 11.8. The number of nitrogens with one attached hydrogen (secondary N) is 1. The number of aryl methyl sites for hydroxylation is 2. The molecule has 0 aromatic carbocycles. The Balaban J connectivity index is 1.21. The Morgan fingerprint density at radius 1 is 0.971 bits per heavy atom. The summed E-state index contributed by atoms with van der Waals surface area (Å²) in [7, 11) is 1.60. The van der Waals surface area contributed by atoms with Crippen molar-refractivity contribution in [3.63, 3.8) is 0 Å². The molecule has 5 heterocycles. The summed E-state index contributed by atoms with van der Waals surface area (Å²) >= 11 is 0. The summed E-state index contributed by atoms with van der Waals surface area (Å²) in [6.07, 6.45) is 6.24. The van der Waals surface area contributed by atoms with Gasteiger partial charge in [-0.2, -0.15) is 5.10 Å². The van der Waals surface area contributed by atoms with Crippen molar-refractivity contribution >= 4 is 5.82 Å². The SMILES string of the molecule is COc1ccc(OC2CCN(c3ccc(-c4nc(C)cc(Cc5cc(C)[nH]n5)n4)cn3)CC2)cn1. The first-order valence-electron chi connectivity index (χ1n) is 11.8. The van der Waals surface area contributed by atoms with Crippen molar-refractivity contribution < 1.29 is 9.47 Å². The number of pyridine rings is 2. The highest BCUT2D eigenvalue weighted by atomic mass is 16.5. The number of piperidine rings is 1. The lowest BCUT2D eigenvalue weighted by Crippen LogP contribution is -2.38. The number of hydrogen-bond donors (Lipinski definition) is 1. The van der Waals surface area contributed by atoms with Crippen LogP contribution in [0.4, 0.5) is 5.82 Å². The number of aromatic amines is 1. The van der Waals surface area contributed by atoms with Crippen LogP contribution in [0.5, 0.6) is 11.6 Å². The van der Waals surface area contributed by atoms with Crippen molar-refractivity contribution in [2.75, 3.05) is 25.1 Å². The van der Waals surface area contributed by atoms with Crippen LogP contribution >= 0.6 is 0 Å². The fourth-order valence-corrected chi connectivity index (χ4v) is 4.26. The summed E-state index contributed by atoms with van der Waals surface area (Å²) in [4.78, 5) is 20.6. The van der Waals surface area contributed by atoms with Crippen LogP contribution in [0.1, 0.15) is 35.6 Å². The van der Waals surface area contributed by atoms with Gasteiger partial charge in [-0.05, 0) is 44.2 Å². The molecule has 9 nitrogen and oxygen atoms in total. The molecular formula is C26H29N7O2. The van der Waals surface area contributed by atoms with Crippen molar-refractivity contribution in [3.8, 4) is 23.0 Å². The maximum Gasteiger partial charge on any atom is 0.213 e. The van der Waals surface area contributed by atoms with Crippen LogP contribution in [-0.2, 0) is 6.42 Å². The van der Waals surface area contributed by atoms with Gasteiger partial charge in [-0.25, -0.2) is 19.9 Å². The predicted molar refractivity (Wildman–Crippen MR) is 133 cm³/mol. The lowest BCUT2D eigenvalue weighted by molar-refractivity contribution is 0.170. The Bertz CT molecular complexity index is 1260. The molecule has 0 amide bonds. The van der Waals surface area contributed by atoms with Crippen LogP contribution in [-0.4, -0.2) is 56.4 Å². The van der Waals surface area contributed by atoms with Crippen LogP contribution in [0.25, 0.3) is 11.4 Å². The van der Waals surface area contributed by atoms with Crippen molar-refractivity contribution in [1.29, 1.82) is 0 Å². The molecule has 1 N–H and O–H groups in total. The normalized spacial score (nSPS) is 14.2. The second-order valence-electron chi connectivity index (χ2n) is 8.79. The Morgan fingerprint density at radius 3 is 2.49 bits per heavy atom. The standard InChI is InChI=1S/C26H29N7O2/c1-17-12-20(14-21-13-18(2)31-32-21)30-26(29-17)19-4-6-24(27-15-19)33-10-8-22(9-11-33)35-23-5-7-25(34-3)28-16-23/h4-7,12-13,15-16,22H,8-11,14H2,1-3H3,(H,31,32). The summed E-state index contributed by atoms with van der Waals surface area (Å²) in [5.41, 5.74) is 4.78. The maximum atomic E-state index is 6.09. The monoisotopic (exact) mass is 471 g/mol. The topological polar surface area (TPSA) is 102 Å². The highest BCUT2D eigenvalue weighted by Gasteiger charge is 2.22. The molecule has 9 heteroatoms. The average molecular weight is 472 g/mol. The van der Waals surface area contributed by atoms with Gasteiger partial charge in [0, 0.05) is 61.6 Å². The van der Waals surface area contributed by atoms with E-state index in [4.69, 9.17) is 19.4 Å². The molecule has 1 aliphatic rings. The van der Waals surface area contributed by atoms with Gasteiger partial charge in [0.1, 0.15) is 17.7 Å². The fraction of sp³-hybridized carbons (Fsp3) is 0.346. The lowest BCUT2D eigenvalue weighted by Gasteiger charge is -2.32.